The highest BCUT2D eigenvalue weighted by Gasteiger charge is 1.98. The largest absolute Gasteiger partial charge is 0.481 e. The van der Waals surface area contributed by atoms with Gasteiger partial charge < -0.3 is 10.4 Å². The van der Waals surface area contributed by atoms with E-state index >= 15 is 0 Å². The molecule has 0 saturated carbocycles. The van der Waals surface area contributed by atoms with Crippen LogP contribution in [0.3, 0.4) is 0 Å². The van der Waals surface area contributed by atoms with Crippen LogP contribution in [0.15, 0.2) is 24.3 Å². The number of carboxylic acids is 1. The SMILES string of the molecule is O=C(O)CCNCCc1ccc(NS(=O)O)cc1. The molecule has 1 rings (SSSR count). The van der Waals surface area contributed by atoms with E-state index in [4.69, 9.17) is 9.66 Å². The third-order valence-corrected chi connectivity index (χ3v) is 2.68. The van der Waals surface area contributed by atoms with Crippen molar-refractivity contribution < 1.29 is 18.7 Å². The first kappa shape index (κ1) is 14.6. The van der Waals surface area contributed by atoms with Crippen molar-refractivity contribution in [2.24, 2.45) is 0 Å². The molecule has 0 saturated heterocycles. The van der Waals surface area contributed by atoms with Gasteiger partial charge in [-0.25, -0.2) is 4.21 Å². The molecule has 0 aliphatic carbocycles. The molecule has 1 unspecified atom stereocenters. The van der Waals surface area contributed by atoms with Gasteiger partial charge in [0.25, 0.3) is 11.3 Å². The summed E-state index contributed by atoms with van der Waals surface area (Å²) < 4.78 is 21.5. The molecule has 0 amide bonds. The maximum Gasteiger partial charge on any atom is 0.304 e. The zero-order valence-electron chi connectivity index (χ0n) is 9.76. The van der Waals surface area contributed by atoms with E-state index in [9.17, 15) is 9.00 Å². The monoisotopic (exact) mass is 272 g/mol. The number of hydrogen-bond donors (Lipinski definition) is 4. The minimum absolute atomic E-state index is 0.116. The highest BCUT2D eigenvalue weighted by molar-refractivity contribution is 7.80. The van der Waals surface area contributed by atoms with Gasteiger partial charge in [0.1, 0.15) is 0 Å². The van der Waals surface area contributed by atoms with Gasteiger partial charge in [0.15, 0.2) is 0 Å². The Labute approximate surface area is 108 Å². The van der Waals surface area contributed by atoms with Gasteiger partial charge in [0, 0.05) is 12.2 Å². The van der Waals surface area contributed by atoms with Gasteiger partial charge in [-0.05, 0) is 30.7 Å². The van der Waals surface area contributed by atoms with Crippen molar-refractivity contribution in [3.05, 3.63) is 29.8 Å². The number of nitrogens with one attached hydrogen (secondary N) is 2. The van der Waals surface area contributed by atoms with Crippen molar-refractivity contribution in [1.82, 2.24) is 5.32 Å². The summed E-state index contributed by atoms with van der Waals surface area (Å²) in [4.78, 5) is 10.3. The smallest absolute Gasteiger partial charge is 0.304 e. The summed E-state index contributed by atoms with van der Waals surface area (Å²) in [5.74, 6) is -0.810. The van der Waals surface area contributed by atoms with Gasteiger partial charge in [0.2, 0.25) is 0 Å². The van der Waals surface area contributed by atoms with E-state index in [1.807, 2.05) is 12.1 Å². The molecule has 4 N–H and O–H groups in total. The second-order valence-corrected chi connectivity index (χ2v) is 4.39. The van der Waals surface area contributed by atoms with E-state index < -0.39 is 17.2 Å². The number of benzene rings is 1. The molecule has 0 radical (unpaired) electrons. The predicted molar refractivity (Wildman–Crippen MR) is 69.7 cm³/mol. The Kier molecular flexibility index (Phi) is 6.34. The minimum Gasteiger partial charge on any atom is -0.481 e. The lowest BCUT2D eigenvalue weighted by Crippen LogP contribution is -2.20. The zero-order valence-corrected chi connectivity index (χ0v) is 10.6. The normalized spacial score (nSPS) is 12.1. The molecule has 100 valence electrons. The molecule has 7 heteroatoms. The lowest BCUT2D eigenvalue weighted by molar-refractivity contribution is -0.136. The first-order chi connectivity index (χ1) is 8.58. The number of carboxylic acid groups (broad SMARTS) is 1. The first-order valence-electron chi connectivity index (χ1n) is 5.47. The average Bonchev–Trinajstić information content (AvgIpc) is 2.30. The Bertz CT molecular complexity index is 408. The van der Waals surface area contributed by atoms with Crippen LogP contribution in [0.2, 0.25) is 0 Å². The zero-order chi connectivity index (χ0) is 13.4. The molecule has 1 aromatic carbocycles. The summed E-state index contributed by atoms with van der Waals surface area (Å²) in [5, 5.41) is 11.5. The van der Waals surface area contributed by atoms with E-state index in [-0.39, 0.29) is 6.42 Å². The van der Waals surface area contributed by atoms with Crippen molar-refractivity contribution >= 4 is 22.9 Å². The second kappa shape index (κ2) is 7.80. The van der Waals surface area contributed by atoms with Gasteiger partial charge in [0.05, 0.1) is 6.42 Å². The molecule has 18 heavy (non-hydrogen) atoms. The van der Waals surface area contributed by atoms with Crippen molar-refractivity contribution in [2.45, 2.75) is 12.8 Å². The Morgan fingerprint density at radius 3 is 2.44 bits per heavy atom. The number of carbonyl (C=O) groups is 1. The molecule has 6 nitrogen and oxygen atoms in total. The molecule has 0 aliphatic rings. The quantitative estimate of drug-likeness (QED) is 0.415. The van der Waals surface area contributed by atoms with Gasteiger partial charge in [-0.15, -0.1) is 0 Å². The number of hydrogen-bond acceptors (Lipinski definition) is 3. The summed E-state index contributed by atoms with van der Waals surface area (Å²) in [6, 6.07) is 7.16. The van der Waals surface area contributed by atoms with Crippen molar-refractivity contribution in [3.8, 4) is 0 Å². The number of aliphatic carboxylic acids is 1. The van der Waals surface area contributed by atoms with E-state index in [1.54, 1.807) is 12.1 Å². The molecule has 1 atom stereocenters. The molecular weight excluding hydrogens is 256 g/mol. The third-order valence-electron chi connectivity index (χ3n) is 2.27. The van der Waals surface area contributed by atoms with E-state index in [0.29, 0.717) is 18.8 Å². The number of anilines is 1. The summed E-state index contributed by atoms with van der Waals surface area (Å²) in [6.07, 6.45) is 0.896. The van der Waals surface area contributed by atoms with E-state index in [2.05, 4.69) is 10.0 Å². The highest BCUT2D eigenvalue weighted by Crippen LogP contribution is 2.10. The molecule has 0 spiro atoms. The van der Waals surface area contributed by atoms with Crippen LogP contribution in [-0.4, -0.2) is 32.9 Å². The lowest BCUT2D eigenvalue weighted by Gasteiger charge is -2.05. The summed E-state index contributed by atoms with van der Waals surface area (Å²) in [7, 11) is 0. The van der Waals surface area contributed by atoms with Crippen LogP contribution < -0.4 is 10.0 Å². The van der Waals surface area contributed by atoms with Crippen LogP contribution in [-0.2, 0) is 22.5 Å². The first-order valence-corrected chi connectivity index (χ1v) is 6.57. The summed E-state index contributed by atoms with van der Waals surface area (Å²) in [5.41, 5.74) is 1.66. The Balaban J connectivity index is 2.26. The van der Waals surface area contributed by atoms with Crippen LogP contribution in [0.5, 0.6) is 0 Å². The van der Waals surface area contributed by atoms with Gasteiger partial charge in [-0.2, -0.15) is 0 Å². The molecule has 1 aromatic rings. The fourth-order valence-electron chi connectivity index (χ4n) is 1.39. The van der Waals surface area contributed by atoms with E-state index in [0.717, 1.165) is 12.0 Å². The van der Waals surface area contributed by atoms with Crippen LogP contribution in [0.1, 0.15) is 12.0 Å². The third kappa shape index (κ3) is 6.33. The topological polar surface area (TPSA) is 98.7 Å². The van der Waals surface area contributed by atoms with Crippen molar-refractivity contribution in [1.29, 1.82) is 0 Å². The molecule has 0 heterocycles. The maximum atomic E-state index is 10.5. The fourth-order valence-corrected chi connectivity index (χ4v) is 1.73. The molecule has 0 aliphatic heterocycles. The van der Waals surface area contributed by atoms with Crippen LogP contribution in [0.25, 0.3) is 0 Å². The fraction of sp³-hybridized carbons (Fsp3) is 0.364. The van der Waals surface area contributed by atoms with Gasteiger partial charge >= 0.3 is 5.97 Å². The van der Waals surface area contributed by atoms with Crippen LogP contribution in [0.4, 0.5) is 5.69 Å². The average molecular weight is 272 g/mol. The van der Waals surface area contributed by atoms with Crippen LogP contribution in [0, 0.1) is 0 Å². The minimum atomic E-state index is -2.05. The maximum absolute atomic E-state index is 10.5. The number of rotatable bonds is 8. The summed E-state index contributed by atoms with van der Waals surface area (Å²) >= 11 is -2.05. The summed E-state index contributed by atoms with van der Waals surface area (Å²) in [6.45, 7) is 1.16. The van der Waals surface area contributed by atoms with Gasteiger partial charge in [-0.1, -0.05) is 12.1 Å². The van der Waals surface area contributed by atoms with Crippen LogP contribution >= 0.6 is 0 Å². The van der Waals surface area contributed by atoms with Gasteiger partial charge in [-0.3, -0.25) is 14.1 Å². The lowest BCUT2D eigenvalue weighted by atomic mass is 10.1. The Morgan fingerprint density at radius 1 is 1.22 bits per heavy atom. The highest BCUT2D eigenvalue weighted by atomic mass is 32.2. The van der Waals surface area contributed by atoms with E-state index in [1.165, 1.54) is 0 Å². The second-order valence-electron chi connectivity index (χ2n) is 3.69. The van der Waals surface area contributed by atoms with Crippen molar-refractivity contribution in [2.75, 3.05) is 17.8 Å². The molecule has 0 aromatic heterocycles. The predicted octanol–water partition coefficient (Wildman–Crippen LogP) is 0.842. The molecular formula is C11H16N2O4S. The Morgan fingerprint density at radius 2 is 1.89 bits per heavy atom. The molecule has 0 bridgehead atoms. The Hall–Kier alpha value is -1.44. The van der Waals surface area contributed by atoms with Crippen molar-refractivity contribution in [3.63, 3.8) is 0 Å². The molecule has 0 fully saturated rings. The standard InChI is InChI=1S/C11H16N2O4S/c14-11(15)6-8-12-7-5-9-1-3-10(4-2-9)13-18(16)17/h1-4,12-13H,5-8H2,(H,14,15)(H,16,17).